The molecule has 106 valence electrons. The zero-order chi connectivity index (χ0) is 14.9. The van der Waals surface area contributed by atoms with Gasteiger partial charge in [-0.25, -0.2) is 9.97 Å². The lowest BCUT2D eigenvalue weighted by molar-refractivity contribution is -0.137. The SMILES string of the molecule is Cc1nc(Br)cc(Nc2cc(Cl)cc(C(F)(F)F)c2)n1. The highest BCUT2D eigenvalue weighted by Crippen LogP contribution is 2.34. The summed E-state index contributed by atoms with van der Waals surface area (Å²) in [6.07, 6.45) is -4.45. The molecule has 1 aromatic heterocycles. The number of aryl methyl sites for hydroxylation is 1. The number of hydrogen-bond donors (Lipinski definition) is 1. The fraction of sp³-hybridized carbons (Fsp3) is 0.167. The Bertz CT molecular complexity index is 626. The molecule has 2 aromatic rings. The van der Waals surface area contributed by atoms with Gasteiger partial charge in [-0.05, 0) is 41.1 Å². The highest BCUT2D eigenvalue weighted by Gasteiger charge is 2.31. The maximum atomic E-state index is 12.7. The third-order valence-electron chi connectivity index (χ3n) is 2.30. The molecular formula is C12H8BrClF3N3. The lowest BCUT2D eigenvalue weighted by atomic mass is 10.2. The number of anilines is 2. The Hall–Kier alpha value is -1.34. The van der Waals surface area contributed by atoms with Gasteiger partial charge in [-0.1, -0.05) is 11.6 Å². The summed E-state index contributed by atoms with van der Waals surface area (Å²) in [5.74, 6) is 0.861. The van der Waals surface area contributed by atoms with E-state index in [0.717, 1.165) is 12.1 Å². The summed E-state index contributed by atoms with van der Waals surface area (Å²) in [7, 11) is 0. The number of halogens is 5. The minimum atomic E-state index is -4.45. The Morgan fingerprint density at radius 2 is 1.85 bits per heavy atom. The van der Waals surface area contributed by atoms with Crippen LogP contribution in [0.3, 0.4) is 0 Å². The molecular weight excluding hydrogens is 359 g/mol. The van der Waals surface area contributed by atoms with Crippen molar-refractivity contribution in [3.63, 3.8) is 0 Å². The van der Waals surface area contributed by atoms with Crippen LogP contribution in [0.4, 0.5) is 24.7 Å². The van der Waals surface area contributed by atoms with E-state index in [1.807, 2.05) is 0 Å². The van der Waals surface area contributed by atoms with Gasteiger partial charge in [0.2, 0.25) is 0 Å². The van der Waals surface area contributed by atoms with Gasteiger partial charge in [0.05, 0.1) is 5.56 Å². The predicted octanol–water partition coefficient (Wildman–Crippen LogP) is 4.96. The Morgan fingerprint density at radius 3 is 2.45 bits per heavy atom. The Kier molecular flexibility index (Phi) is 4.19. The molecule has 0 aliphatic carbocycles. The first kappa shape index (κ1) is 15.1. The molecule has 0 aliphatic rings. The number of nitrogens with one attached hydrogen (secondary N) is 1. The number of benzene rings is 1. The molecule has 0 unspecified atom stereocenters. The molecule has 0 radical (unpaired) electrons. The summed E-state index contributed by atoms with van der Waals surface area (Å²) < 4.78 is 38.6. The molecule has 0 spiro atoms. The number of alkyl halides is 3. The van der Waals surface area contributed by atoms with E-state index in [4.69, 9.17) is 11.6 Å². The third kappa shape index (κ3) is 3.83. The van der Waals surface area contributed by atoms with Gasteiger partial charge in [-0.15, -0.1) is 0 Å². The molecule has 1 aromatic carbocycles. The molecule has 2 rings (SSSR count). The van der Waals surface area contributed by atoms with Gasteiger partial charge in [0.1, 0.15) is 16.2 Å². The van der Waals surface area contributed by atoms with Crippen molar-refractivity contribution in [3.8, 4) is 0 Å². The standard InChI is InChI=1S/C12H8BrClF3N3/c1-6-18-10(13)5-11(19-6)20-9-3-7(12(15,16)17)2-8(14)4-9/h2-5H,1H3,(H,18,19,20). The molecule has 1 heterocycles. The Morgan fingerprint density at radius 1 is 1.15 bits per heavy atom. The first-order valence-corrected chi connectivity index (χ1v) is 6.57. The molecule has 1 N–H and O–H groups in total. The van der Waals surface area contributed by atoms with Crippen LogP contribution in [0.25, 0.3) is 0 Å². The van der Waals surface area contributed by atoms with Crippen molar-refractivity contribution in [2.24, 2.45) is 0 Å². The number of nitrogens with zero attached hydrogens (tertiary/aromatic N) is 2. The van der Waals surface area contributed by atoms with Crippen molar-refractivity contribution < 1.29 is 13.2 Å². The van der Waals surface area contributed by atoms with Crippen LogP contribution in [0.5, 0.6) is 0 Å². The van der Waals surface area contributed by atoms with Gasteiger partial charge in [-0.3, -0.25) is 0 Å². The minimum Gasteiger partial charge on any atom is -0.340 e. The maximum absolute atomic E-state index is 12.7. The van der Waals surface area contributed by atoms with E-state index < -0.39 is 11.7 Å². The summed E-state index contributed by atoms with van der Waals surface area (Å²) in [6.45, 7) is 1.68. The second-order valence-electron chi connectivity index (χ2n) is 3.97. The molecule has 3 nitrogen and oxygen atoms in total. The zero-order valence-corrected chi connectivity index (χ0v) is 12.4. The van der Waals surface area contributed by atoms with Gasteiger partial charge >= 0.3 is 6.18 Å². The molecule has 0 aliphatic heterocycles. The maximum Gasteiger partial charge on any atom is 0.416 e. The highest BCUT2D eigenvalue weighted by atomic mass is 79.9. The van der Waals surface area contributed by atoms with Crippen molar-refractivity contribution in [1.82, 2.24) is 9.97 Å². The first-order chi connectivity index (χ1) is 9.24. The second kappa shape index (κ2) is 5.57. The van der Waals surface area contributed by atoms with Crippen molar-refractivity contribution in [1.29, 1.82) is 0 Å². The van der Waals surface area contributed by atoms with Crippen LogP contribution in [0.2, 0.25) is 5.02 Å². The van der Waals surface area contributed by atoms with E-state index in [9.17, 15) is 13.2 Å². The summed E-state index contributed by atoms with van der Waals surface area (Å²) in [5.41, 5.74) is -0.618. The van der Waals surface area contributed by atoms with Gasteiger partial charge in [0.25, 0.3) is 0 Å². The van der Waals surface area contributed by atoms with E-state index >= 15 is 0 Å². The molecule has 0 atom stereocenters. The second-order valence-corrected chi connectivity index (χ2v) is 5.22. The van der Waals surface area contributed by atoms with E-state index in [1.165, 1.54) is 6.07 Å². The van der Waals surface area contributed by atoms with E-state index in [1.54, 1.807) is 13.0 Å². The van der Waals surface area contributed by atoms with Crippen molar-refractivity contribution in [2.45, 2.75) is 13.1 Å². The molecule has 0 saturated heterocycles. The van der Waals surface area contributed by atoms with Gasteiger partial charge < -0.3 is 5.32 Å². The lowest BCUT2D eigenvalue weighted by Crippen LogP contribution is -2.06. The van der Waals surface area contributed by atoms with Crippen LogP contribution in [-0.4, -0.2) is 9.97 Å². The van der Waals surface area contributed by atoms with Crippen LogP contribution >= 0.6 is 27.5 Å². The minimum absolute atomic E-state index is 0.00725. The lowest BCUT2D eigenvalue weighted by Gasteiger charge is -2.11. The highest BCUT2D eigenvalue weighted by molar-refractivity contribution is 9.10. The first-order valence-electron chi connectivity index (χ1n) is 5.40. The summed E-state index contributed by atoms with van der Waals surface area (Å²) in [6, 6.07) is 4.79. The largest absolute Gasteiger partial charge is 0.416 e. The quantitative estimate of drug-likeness (QED) is 0.763. The van der Waals surface area contributed by atoms with Crippen LogP contribution in [0.15, 0.2) is 28.9 Å². The molecule has 0 amide bonds. The van der Waals surface area contributed by atoms with E-state index in [2.05, 4.69) is 31.2 Å². The predicted molar refractivity (Wildman–Crippen MR) is 74.2 cm³/mol. The summed E-state index contributed by atoms with van der Waals surface area (Å²) in [5, 5.41) is 2.77. The summed E-state index contributed by atoms with van der Waals surface area (Å²) >= 11 is 8.89. The zero-order valence-electron chi connectivity index (χ0n) is 10.1. The van der Waals surface area contributed by atoms with Crippen LogP contribution in [0.1, 0.15) is 11.4 Å². The normalized spacial score (nSPS) is 11.5. The van der Waals surface area contributed by atoms with Crippen molar-refractivity contribution in [2.75, 3.05) is 5.32 Å². The average Bonchev–Trinajstić information content (AvgIpc) is 2.25. The number of hydrogen-bond acceptors (Lipinski definition) is 3. The molecule has 8 heteroatoms. The average molecular weight is 367 g/mol. The van der Waals surface area contributed by atoms with E-state index in [-0.39, 0.29) is 10.7 Å². The molecule has 20 heavy (non-hydrogen) atoms. The van der Waals surface area contributed by atoms with Crippen molar-refractivity contribution in [3.05, 3.63) is 45.3 Å². The molecule has 0 saturated carbocycles. The fourth-order valence-corrected chi connectivity index (χ4v) is 2.28. The monoisotopic (exact) mass is 365 g/mol. The summed E-state index contributed by atoms with van der Waals surface area (Å²) in [4.78, 5) is 8.08. The number of rotatable bonds is 2. The van der Waals surface area contributed by atoms with Crippen molar-refractivity contribution >= 4 is 39.0 Å². The number of aromatic nitrogens is 2. The topological polar surface area (TPSA) is 37.8 Å². The molecule has 0 fully saturated rings. The van der Waals surface area contributed by atoms with Crippen LogP contribution in [-0.2, 0) is 6.18 Å². The van der Waals surface area contributed by atoms with Crippen LogP contribution in [0, 0.1) is 6.92 Å². The van der Waals surface area contributed by atoms with E-state index in [0.29, 0.717) is 16.2 Å². The Balaban J connectivity index is 2.36. The third-order valence-corrected chi connectivity index (χ3v) is 2.93. The van der Waals surface area contributed by atoms with Gasteiger partial charge in [0.15, 0.2) is 0 Å². The van der Waals surface area contributed by atoms with Gasteiger partial charge in [-0.2, -0.15) is 13.2 Å². The molecule has 0 bridgehead atoms. The van der Waals surface area contributed by atoms with Crippen LogP contribution < -0.4 is 5.32 Å². The Labute approximate surface area is 126 Å². The van der Waals surface area contributed by atoms with Gasteiger partial charge in [0, 0.05) is 16.8 Å². The smallest absolute Gasteiger partial charge is 0.340 e. The fourth-order valence-electron chi connectivity index (χ4n) is 1.57.